The SMILES string of the molecule is O=C(O)c1ccc(S(=O)(=O)Cc2ccc(Br)cc2)cc1Cl. The van der Waals surface area contributed by atoms with E-state index < -0.39 is 15.8 Å². The first-order valence-electron chi connectivity index (χ1n) is 5.79. The highest BCUT2D eigenvalue weighted by atomic mass is 79.9. The third-order valence-corrected chi connectivity index (χ3v) is 5.33. The van der Waals surface area contributed by atoms with Crippen molar-refractivity contribution in [3.05, 3.63) is 63.1 Å². The number of hydrogen-bond donors (Lipinski definition) is 1. The lowest BCUT2D eigenvalue weighted by Gasteiger charge is -2.07. The van der Waals surface area contributed by atoms with Crippen LogP contribution in [0.1, 0.15) is 15.9 Å². The third kappa shape index (κ3) is 3.84. The van der Waals surface area contributed by atoms with E-state index in [1.807, 2.05) is 0 Å². The topological polar surface area (TPSA) is 71.4 Å². The average Bonchev–Trinajstić information content (AvgIpc) is 2.40. The molecule has 110 valence electrons. The number of rotatable bonds is 4. The van der Waals surface area contributed by atoms with Crippen LogP contribution in [-0.2, 0) is 15.6 Å². The van der Waals surface area contributed by atoms with Crippen LogP contribution in [0.4, 0.5) is 0 Å². The summed E-state index contributed by atoms with van der Waals surface area (Å²) in [7, 11) is -3.58. The van der Waals surface area contributed by atoms with Gasteiger partial charge in [-0.1, -0.05) is 39.7 Å². The molecular weight excluding hydrogens is 380 g/mol. The van der Waals surface area contributed by atoms with Crippen molar-refractivity contribution in [2.75, 3.05) is 0 Å². The van der Waals surface area contributed by atoms with Gasteiger partial charge in [0.2, 0.25) is 0 Å². The Labute approximate surface area is 135 Å². The van der Waals surface area contributed by atoms with Crippen molar-refractivity contribution in [3.8, 4) is 0 Å². The molecule has 21 heavy (non-hydrogen) atoms. The molecule has 0 saturated carbocycles. The van der Waals surface area contributed by atoms with Crippen molar-refractivity contribution < 1.29 is 18.3 Å². The molecule has 0 amide bonds. The lowest BCUT2D eigenvalue weighted by Crippen LogP contribution is -2.06. The Morgan fingerprint density at radius 1 is 1.14 bits per heavy atom. The molecule has 0 aliphatic heterocycles. The van der Waals surface area contributed by atoms with Gasteiger partial charge < -0.3 is 5.11 Å². The van der Waals surface area contributed by atoms with Gasteiger partial charge in [0, 0.05) is 4.47 Å². The fourth-order valence-corrected chi connectivity index (χ4v) is 3.71. The van der Waals surface area contributed by atoms with E-state index in [0.29, 0.717) is 5.56 Å². The van der Waals surface area contributed by atoms with Gasteiger partial charge in [-0.2, -0.15) is 0 Å². The van der Waals surface area contributed by atoms with Crippen LogP contribution in [0, 0.1) is 0 Å². The van der Waals surface area contributed by atoms with E-state index in [2.05, 4.69) is 15.9 Å². The summed E-state index contributed by atoms with van der Waals surface area (Å²) in [6.07, 6.45) is 0. The molecule has 0 spiro atoms. The second-order valence-electron chi connectivity index (χ2n) is 4.33. The summed E-state index contributed by atoms with van der Waals surface area (Å²) in [5, 5.41) is 8.78. The summed E-state index contributed by atoms with van der Waals surface area (Å²) in [5.74, 6) is -1.37. The number of carboxylic acid groups (broad SMARTS) is 1. The second-order valence-corrected chi connectivity index (χ2v) is 7.64. The lowest BCUT2D eigenvalue weighted by atomic mass is 10.2. The number of carboxylic acids is 1. The van der Waals surface area contributed by atoms with E-state index >= 15 is 0 Å². The minimum Gasteiger partial charge on any atom is -0.478 e. The third-order valence-electron chi connectivity index (χ3n) is 2.80. The molecule has 0 aliphatic rings. The molecular formula is C14H10BrClO4S. The highest BCUT2D eigenvalue weighted by Gasteiger charge is 2.18. The summed E-state index contributed by atoms with van der Waals surface area (Å²) >= 11 is 9.08. The van der Waals surface area contributed by atoms with Gasteiger partial charge in [-0.15, -0.1) is 0 Å². The van der Waals surface area contributed by atoms with Crippen LogP contribution in [0.15, 0.2) is 51.8 Å². The van der Waals surface area contributed by atoms with E-state index in [1.54, 1.807) is 24.3 Å². The first kappa shape index (κ1) is 16.0. The van der Waals surface area contributed by atoms with Crippen LogP contribution < -0.4 is 0 Å². The maximum absolute atomic E-state index is 12.3. The smallest absolute Gasteiger partial charge is 0.337 e. The minimum absolute atomic E-state index is 0.000388. The number of sulfone groups is 1. The van der Waals surface area contributed by atoms with Gasteiger partial charge in [0.1, 0.15) is 0 Å². The fraction of sp³-hybridized carbons (Fsp3) is 0.0714. The van der Waals surface area contributed by atoms with Crippen LogP contribution >= 0.6 is 27.5 Å². The van der Waals surface area contributed by atoms with Crippen molar-refractivity contribution in [1.82, 2.24) is 0 Å². The molecule has 2 aromatic carbocycles. The van der Waals surface area contributed by atoms with E-state index in [-0.39, 0.29) is 21.2 Å². The van der Waals surface area contributed by atoms with Crippen molar-refractivity contribution in [3.63, 3.8) is 0 Å². The normalized spacial score (nSPS) is 11.3. The molecule has 7 heteroatoms. The predicted octanol–water partition coefficient (Wildman–Crippen LogP) is 3.77. The maximum atomic E-state index is 12.3. The summed E-state index contributed by atoms with van der Waals surface area (Å²) < 4.78 is 25.5. The largest absolute Gasteiger partial charge is 0.478 e. The average molecular weight is 390 g/mol. The van der Waals surface area contributed by atoms with Crippen LogP contribution in [-0.4, -0.2) is 19.5 Å². The number of carbonyl (C=O) groups is 1. The number of hydrogen-bond acceptors (Lipinski definition) is 3. The predicted molar refractivity (Wildman–Crippen MR) is 83.4 cm³/mol. The molecule has 1 N–H and O–H groups in total. The first-order chi connectivity index (χ1) is 9.79. The Kier molecular flexibility index (Phi) is 4.70. The van der Waals surface area contributed by atoms with Gasteiger partial charge in [0.25, 0.3) is 0 Å². The standard InChI is InChI=1S/C14H10BrClO4S/c15-10-3-1-9(2-4-10)8-21(19,20)11-5-6-12(14(17)18)13(16)7-11/h1-7H,8H2,(H,17,18). The first-order valence-corrected chi connectivity index (χ1v) is 8.62. The van der Waals surface area contributed by atoms with Gasteiger partial charge in [-0.05, 0) is 35.9 Å². The summed E-state index contributed by atoms with van der Waals surface area (Å²) in [5.41, 5.74) is 0.510. The molecule has 4 nitrogen and oxygen atoms in total. The van der Waals surface area contributed by atoms with Crippen LogP contribution in [0.25, 0.3) is 0 Å². The Morgan fingerprint density at radius 3 is 2.29 bits per heavy atom. The molecule has 0 unspecified atom stereocenters. The molecule has 2 aromatic rings. The lowest BCUT2D eigenvalue weighted by molar-refractivity contribution is 0.0697. The molecule has 0 aliphatic carbocycles. The van der Waals surface area contributed by atoms with Gasteiger partial charge in [-0.25, -0.2) is 13.2 Å². The monoisotopic (exact) mass is 388 g/mol. The van der Waals surface area contributed by atoms with Gasteiger partial charge >= 0.3 is 5.97 Å². The number of aromatic carboxylic acids is 1. The van der Waals surface area contributed by atoms with Crippen LogP contribution in [0.5, 0.6) is 0 Å². The molecule has 0 heterocycles. The molecule has 0 fully saturated rings. The van der Waals surface area contributed by atoms with Crippen molar-refractivity contribution >= 4 is 43.3 Å². The van der Waals surface area contributed by atoms with E-state index in [1.165, 1.54) is 18.2 Å². The van der Waals surface area contributed by atoms with Crippen molar-refractivity contribution in [2.45, 2.75) is 10.6 Å². The zero-order valence-corrected chi connectivity index (χ0v) is 13.7. The summed E-state index contributed by atoms with van der Waals surface area (Å²) in [6, 6.07) is 10.5. The number of halogens is 2. The molecule has 0 bridgehead atoms. The Morgan fingerprint density at radius 2 is 1.76 bits per heavy atom. The quantitative estimate of drug-likeness (QED) is 0.864. The Bertz CT molecular complexity index is 785. The minimum atomic E-state index is -3.58. The summed E-state index contributed by atoms with van der Waals surface area (Å²) in [4.78, 5) is 10.9. The fourth-order valence-electron chi connectivity index (χ4n) is 1.75. The molecule has 0 saturated heterocycles. The molecule has 0 aromatic heterocycles. The van der Waals surface area contributed by atoms with E-state index in [4.69, 9.17) is 16.7 Å². The van der Waals surface area contributed by atoms with Crippen LogP contribution in [0.3, 0.4) is 0 Å². The highest BCUT2D eigenvalue weighted by Crippen LogP contribution is 2.24. The van der Waals surface area contributed by atoms with Gasteiger partial charge in [0.05, 0.1) is 21.2 Å². The number of benzene rings is 2. The molecule has 0 radical (unpaired) electrons. The van der Waals surface area contributed by atoms with Crippen molar-refractivity contribution in [2.24, 2.45) is 0 Å². The van der Waals surface area contributed by atoms with E-state index in [9.17, 15) is 13.2 Å². The Hall–Kier alpha value is -1.37. The zero-order valence-electron chi connectivity index (χ0n) is 10.6. The highest BCUT2D eigenvalue weighted by molar-refractivity contribution is 9.10. The van der Waals surface area contributed by atoms with Crippen molar-refractivity contribution in [1.29, 1.82) is 0 Å². The van der Waals surface area contributed by atoms with E-state index in [0.717, 1.165) is 4.47 Å². The zero-order chi connectivity index (χ0) is 15.6. The van der Waals surface area contributed by atoms with Crippen LogP contribution in [0.2, 0.25) is 5.02 Å². The Balaban J connectivity index is 2.33. The second kappa shape index (κ2) is 6.17. The van der Waals surface area contributed by atoms with Gasteiger partial charge in [0.15, 0.2) is 9.84 Å². The van der Waals surface area contributed by atoms with Gasteiger partial charge in [-0.3, -0.25) is 0 Å². The molecule has 2 rings (SSSR count). The molecule has 0 atom stereocenters. The summed E-state index contributed by atoms with van der Waals surface area (Å²) in [6.45, 7) is 0. The maximum Gasteiger partial charge on any atom is 0.337 e.